The lowest BCUT2D eigenvalue weighted by Crippen LogP contribution is -2.04. The third kappa shape index (κ3) is 3.70. The Morgan fingerprint density at radius 1 is 1.19 bits per heavy atom. The minimum absolute atomic E-state index is 0.609. The monoisotopic (exact) mass is 281 g/mol. The van der Waals surface area contributed by atoms with Crippen molar-refractivity contribution in [3.63, 3.8) is 0 Å². The van der Waals surface area contributed by atoms with Crippen molar-refractivity contribution in [3.05, 3.63) is 53.6 Å². The molecular weight excluding hydrogens is 262 g/mol. The van der Waals surface area contributed by atoms with Crippen molar-refractivity contribution in [1.29, 1.82) is 0 Å². The molecule has 108 valence electrons. The zero-order chi connectivity index (χ0) is 15.1. The highest BCUT2D eigenvalue weighted by atomic mass is 16.5. The van der Waals surface area contributed by atoms with Crippen LogP contribution in [0.4, 0.5) is 5.69 Å². The van der Waals surface area contributed by atoms with Gasteiger partial charge in [-0.1, -0.05) is 24.1 Å². The minimum atomic E-state index is 0.609. The number of rotatable bonds is 6. The molecule has 0 aromatic heterocycles. The standard InChI is InChI=1S/C18H19NO2/c1-4-14-8-6-10-16(12-14)19-13-15-9-7-11-17(21-5-2)18(15)20-3/h1,6-12,19H,5,13H2,2-3H3. The minimum Gasteiger partial charge on any atom is -0.493 e. The van der Waals surface area contributed by atoms with Gasteiger partial charge in [-0.25, -0.2) is 0 Å². The van der Waals surface area contributed by atoms with Gasteiger partial charge in [0.2, 0.25) is 0 Å². The summed E-state index contributed by atoms with van der Waals surface area (Å²) in [4.78, 5) is 0. The number of benzene rings is 2. The average Bonchev–Trinajstić information content (AvgIpc) is 2.53. The second-order valence-corrected chi connectivity index (χ2v) is 4.46. The summed E-state index contributed by atoms with van der Waals surface area (Å²) in [5.41, 5.74) is 2.87. The highest BCUT2D eigenvalue weighted by Gasteiger charge is 2.09. The van der Waals surface area contributed by atoms with Crippen molar-refractivity contribution in [2.75, 3.05) is 19.0 Å². The van der Waals surface area contributed by atoms with Crippen LogP contribution in [0, 0.1) is 12.3 Å². The van der Waals surface area contributed by atoms with E-state index in [0.29, 0.717) is 13.2 Å². The average molecular weight is 281 g/mol. The number of methoxy groups -OCH3 is 1. The Bertz CT molecular complexity index is 644. The van der Waals surface area contributed by atoms with Crippen LogP contribution in [0.3, 0.4) is 0 Å². The van der Waals surface area contributed by atoms with Crippen LogP contribution in [0.5, 0.6) is 11.5 Å². The predicted octanol–water partition coefficient (Wildman–Crippen LogP) is 3.69. The van der Waals surface area contributed by atoms with Gasteiger partial charge < -0.3 is 14.8 Å². The van der Waals surface area contributed by atoms with E-state index in [1.165, 1.54) is 0 Å². The first kappa shape index (κ1) is 14.8. The highest BCUT2D eigenvalue weighted by molar-refractivity contribution is 5.52. The lowest BCUT2D eigenvalue weighted by Gasteiger charge is -2.14. The van der Waals surface area contributed by atoms with Crippen molar-refractivity contribution in [2.24, 2.45) is 0 Å². The van der Waals surface area contributed by atoms with Gasteiger partial charge in [-0.05, 0) is 31.2 Å². The molecule has 1 N–H and O–H groups in total. The third-order valence-corrected chi connectivity index (χ3v) is 3.08. The molecule has 3 heteroatoms. The normalized spacial score (nSPS) is 9.76. The molecule has 0 fully saturated rings. The van der Waals surface area contributed by atoms with Gasteiger partial charge in [0, 0.05) is 23.4 Å². The van der Waals surface area contributed by atoms with Crippen molar-refractivity contribution in [2.45, 2.75) is 13.5 Å². The summed E-state index contributed by atoms with van der Waals surface area (Å²) in [7, 11) is 1.65. The van der Waals surface area contributed by atoms with E-state index >= 15 is 0 Å². The van der Waals surface area contributed by atoms with Crippen LogP contribution in [-0.4, -0.2) is 13.7 Å². The van der Waals surface area contributed by atoms with Gasteiger partial charge in [0.1, 0.15) is 0 Å². The van der Waals surface area contributed by atoms with E-state index in [1.54, 1.807) is 7.11 Å². The first-order valence-corrected chi connectivity index (χ1v) is 6.87. The molecular formula is C18H19NO2. The van der Waals surface area contributed by atoms with Crippen LogP contribution in [0.2, 0.25) is 0 Å². The summed E-state index contributed by atoms with van der Waals surface area (Å²) in [5.74, 6) is 4.15. The maximum absolute atomic E-state index is 5.58. The lowest BCUT2D eigenvalue weighted by molar-refractivity contribution is 0.309. The van der Waals surface area contributed by atoms with Crippen LogP contribution in [0.15, 0.2) is 42.5 Å². The number of ether oxygens (including phenoxy) is 2. The molecule has 0 amide bonds. The zero-order valence-electron chi connectivity index (χ0n) is 12.3. The van der Waals surface area contributed by atoms with Crippen LogP contribution in [-0.2, 0) is 6.54 Å². The van der Waals surface area contributed by atoms with Crippen molar-refractivity contribution >= 4 is 5.69 Å². The van der Waals surface area contributed by atoms with Gasteiger partial charge in [0.05, 0.1) is 13.7 Å². The molecule has 3 nitrogen and oxygen atoms in total. The summed E-state index contributed by atoms with van der Waals surface area (Å²) in [6, 6.07) is 13.7. The Morgan fingerprint density at radius 2 is 2.00 bits per heavy atom. The van der Waals surface area contributed by atoms with Crippen molar-refractivity contribution in [3.8, 4) is 23.8 Å². The smallest absolute Gasteiger partial charge is 0.165 e. The molecule has 0 spiro atoms. The number of nitrogens with one attached hydrogen (secondary N) is 1. The molecule has 0 unspecified atom stereocenters. The molecule has 21 heavy (non-hydrogen) atoms. The maximum atomic E-state index is 5.58. The van der Waals surface area contributed by atoms with Gasteiger partial charge in [0.25, 0.3) is 0 Å². The summed E-state index contributed by atoms with van der Waals surface area (Å²) < 4.78 is 11.0. The fourth-order valence-corrected chi connectivity index (χ4v) is 2.12. The van der Waals surface area contributed by atoms with Gasteiger partial charge in [-0.2, -0.15) is 0 Å². The van der Waals surface area contributed by atoms with E-state index in [1.807, 2.05) is 49.4 Å². The second kappa shape index (κ2) is 7.25. The van der Waals surface area contributed by atoms with Crippen LogP contribution >= 0.6 is 0 Å². The third-order valence-electron chi connectivity index (χ3n) is 3.08. The summed E-state index contributed by atoms with van der Waals surface area (Å²) >= 11 is 0. The van der Waals surface area contributed by atoms with E-state index in [2.05, 4.69) is 11.2 Å². The Hall–Kier alpha value is -2.60. The topological polar surface area (TPSA) is 30.5 Å². The SMILES string of the molecule is C#Cc1cccc(NCc2cccc(OCC)c2OC)c1. The van der Waals surface area contributed by atoms with Gasteiger partial charge in [-0.3, -0.25) is 0 Å². The van der Waals surface area contributed by atoms with Crippen molar-refractivity contribution in [1.82, 2.24) is 0 Å². The molecule has 0 aliphatic carbocycles. The first-order valence-electron chi connectivity index (χ1n) is 6.87. The molecule has 0 saturated heterocycles. The molecule has 0 heterocycles. The molecule has 0 bridgehead atoms. The van der Waals surface area contributed by atoms with Gasteiger partial charge >= 0.3 is 0 Å². The summed E-state index contributed by atoms with van der Waals surface area (Å²) in [5, 5.41) is 3.35. The number of anilines is 1. The van der Waals surface area contributed by atoms with E-state index in [9.17, 15) is 0 Å². The summed E-state index contributed by atoms with van der Waals surface area (Å²) in [6.07, 6.45) is 5.41. The largest absolute Gasteiger partial charge is 0.493 e. The Kier molecular flexibility index (Phi) is 5.11. The number of terminal acetylenes is 1. The van der Waals surface area contributed by atoms with E-state index in [0.717, 1.165) is 28.3 Å². The molecule has 0 atom stereocenters. The van der Waals surface area contributed by atoms with Crippen molar-refractivity contribution < 1.29 is 9.47 Å². The fraction of sp³-hybridized carbons (Fsp3) is 0.222. The molecule has 2 rings (SSSR count). The van der Waals surface area contributed by atoms with Crippen LogP contribution in [0.25, 0.3) is 0 Å². The first-order chi connectivity index (χ1) is 10.3. The molecule has 0 aliphatic rings. The molecule has 2 aromatic carbocycles. The summed E-state index contributed by atoms with van der Waals surface area (Å²) in [6.45, 7) is 3.20. The fourth-order valence-electron chi connectivity index (χ4n) is 2.12. The highest BCUT2D eigenvalue weighted by Crippen LogP contribution is 2.31. The molecule has 0 aliphatic heterocycles. The molecule has 0 saturated carbocycles. The number of hydrogen-bond acceptors (Lipinski definition) is 3. The molecule has 2 aromatic rings. The Balaban J connectivity index is 2.16. The lowest BCUT2D eigenvalue weighted by atomic mass is 10.1. The Morgan fingerprint density at radius 3 is 2.71 bits per heavy atom. The van der Waals surface area contributed by atoms with Crippen LogP contribution < -0.4 is 14.8 Å². The van der Waals surface area contributed by atoms with Crippen LogP contribution in [0.1, 0.15) is 18.1 Å². The quantitative estimate of drug-likeness (QED) is 0.819. The van der Waals surface area contributed by atoms with Gasteiger partial charge in [0.15, 0.2) is 11.5 Å². The van der Waals surface area contributed by atoms with E-state index in [-0.39, 0.29) is 0 Å². The zero-order valence-corrected chi connectivity index (χ0v) is 12.3. The Labute approximate surface area is 125 Å². The number of para-hydroxylation sites is 1. The van der Waals surface area contributed by atoms with E-state index < -0.39 is 0 Å². The maximum Gasteiger partial charge on any atom is 0.165 e. The molecule has 0 radical (unpaired) electrons. The van der Waals surface area contributed by atoms with Gasteiger partial charge in [-0.15, -0.1) is 6.42 Å². The van der Waals surface area contributed by atoms with E-state index in [4.69, 9.17) is 15.9 Å². The number of hydrogen-bond donors (Lipinski definition) is 1. The predicted molar refractivity (Wildman–Crippen MR) is 85.9 cm³/mol. The second-order valence-electron chi connectivity index (χ2n) is 4.46.